The Morgan fingerprint density at radius 1 is 1.37 bits per heavy atom. The van der Waals surface area contributed by atoms with E-state index in [0.29, 0.717) is 17.8 Å². The molecule has 0 saturated heterocycles. The number of carbonyl (C=O) groups is 1. The number of nitrogens with two attached hydrogens (primary N) is 1. The average molecular weight is 259 g/mol. The van der Waals surface area contributed by atoms with Crippen LogP contribution in [0.15, 0.2) is 36.5 Å². The van der Waals surface area contributed by atoms with Gasteiger partial charge in [0.15, 0.2) is 0 Å². The van der Waals surface area contributed by atoms with Gasteiger partial charge in [-0.25, -0.2) is 4.39 Å². The first-order chi connectivity index (χ1) is 9.06. The van der Waals surface area contributed by atoms with Crippen molar-refractivity contribution < 1.29 is 9.18 Å². The van der Waals surface area contributed by atoms with Crippen LogP contribution >= 0.6 is 0 Å². The molecule has 0 saturated carbocycles. The first kappa shape index (κ1) is 13.0. The molecule has 1 aromatic carbocycles. The number of nitrogen functional groups attached to an aromatic ring is 1. The SMILES string of the molecule is Cc1cc(N)c(C(=O)NCc2ccc(F)cc2)cn1. The summed E-state index contributed by atoms with van der Waals surface area (Å²) in [6.07, 6.45) is 1.45. The number of hydrogen-bond acceptors (Lipinski definition) is 3. The normalized spacial score (nSPS) is 10.2. The van der Waals surface area contributed by atoms with Crippen LogP contribution in [-0.4, -0.2) is 10.9 Å². The molecule has 0 radical (unpaired) electrons. The lowest BCUT2D eigenvalue weighted by atomic mass is 10.2. The summed E-state index contributed by atoms with van der Waals surface area (Å²) in [6, 6.07) is 7.58. The van der Waals surface area contributed by atoms with Crippen LogP contribution in [0.25, 0.3) is 0 Å². The molecule has 3 N–H and O–H groups in total. The summed E-state index contributed by atoms with van der Waals surface area (Å²) >= 11 is 0. The van der Waals surface area contributed by atoms with Gasteiger partial charge in [0.1, 0.15) is 5.82 Å². The molecule has 2 rings (SSSR count). The van der Waals surface area contributed by atoms with E-state index in [1.54, 1.807) is 25.1 Å². The molecule has 1 amide bonds. The molecule has 1 aromatic heterocycles. The highest BCUT2D eigenvalue weighted by molar-refractivity contribution is 5.98. The van der Waals surface area contributed by atoms with E-state index in [1.165, 1.54) is 18.3 Å². The first-order valence-corrected chi connectivity index (χ1v) is 5.81. The number of hydrogen-bond donors (Lipinski definition) is 2. The zero-order chi connectivity index (χ0) is 13.8. The summed E-state index contributed by atoms with van der Waals surface area (Å²) in [6.45, 7) is 2.11. The molecule has 0 bridgehead atoms. The minimum absolute atomic E-state index is 0.297. The molecular weight excluding hydrogens is 245 g/mol. The number of aryl methyl sites for hydroxylation is 1. The van der Waals surface area contributed by atoms with E-state index in [-0.39, 0.29) is 11.7 Å². The summed E-state index contributed by atoms with van der Waals surface area (Å²) in [7, 11) is 0. The van der Waals surface area contributed by atoms with Crippen LogP contribution in [0.5, 0.6) is 0 Å². The van der Waals surface area contributed by atoms with Gasteiger partial charge in [-0.3, -0.25) is 9.78 Å². The van der Waals surface area contributed by atoms with Crippen molar-refractivity contribution in [1.82, 2.24) is 10.3 Å². The van der Waals surface area contributed by atoms with Crippen molar-refractivity contribution >= 4 is 11.6 Å². The quantitative estimate of drug-likeness (QED) is 0.886. The van der Waals surface area contributed by atoms with E-state index in [0.717, 1.165) is 11.3 Å². The summed E-state index contributed by atoms with van der Waals surface area (Å²) in [5.74, 6) is -0.601. The Bertz CT molecular complexity index is 596. The van der Waals surface area contributed by atoms with Crippen molar-refractivity contribution in [3.05, 3.63) is 59.2 Å². The fraction of sp³-hybridized carbons (Fsp3) is 0.143. The van der Waals surface area contributed by atoms with Crippen LogP contribution in [0.3, 0.4) is 0 Å². The fourth-order valence-electron chi connectivity index (χ4n) is 1.65. The predicted molar refractivity (Wildman–Crippen MR) is 71.0 cm³/mol. The van der Waals surface area contributed by atoms with Crippen LogP contribution in [0.2, 0.25) is 0 Å². The van der Waals surface area contributed by atoms with E-state index in [2.05, 4.69) is 10.3 Å². The first-order valence-electron chi connectivity index (χ1n) is 5.81. The molecule has 2 aromatic rings. The van der Waals surface area contributed by atoms with Crippen molar-refractivity contribution in [2.45, 2.75) is 13.5 Å². The summed E-state index contributed by atoms with van der Waals surface area (Å²) in [4.78, 5) is 15.9. The molecule has 0 aliphatic carbocycles. The zero-order valence-electron chi connectivity index (χ0n) is 10.5. The number of rotatable bonds is 3. The van der Waals surface area contributed by atoms with Crippen molar-refractivity contribution in [3.63, 3.8) is 0 Å². The second-order valence-corrected chi connectivity index (χ2v) is 4.22. The minimum Gasteiger partial charge on any atom is -0.398 e. The van der Waals surface area contributed by atoms with Gasteiger partial charge < -0.3 is 11.1 Å². The molecule has 0 fully saturated rings. The van der Waals surface area contributed by atoms with Gasteiger partial charge in [0.2, 0.25) is 0 Å². The highest BCUT2D eigenvalue weighted by atomic mass is 19.1. The Balaban J connectivity index is 2.03. The fourth-order valence-corrected chi connectivity index (χ4v) is 1.65. The van der Waals surface area contributed by atoms with Crippen LogP contribution in [0.4, 0.5) is 10.1 Å². The highest BCUT2D eigenvalue weighted by Gasteiger charge is 2.09. The molecule has 0 atom stereocenters. The molecule has 98 valence electrons. The van der Waals surface area contributed by atoms with Gasteiger partial charge in [-0.05, 0) is 30.7 Å². The lowest BCUT2D eigenvalue weighted by molar-refractivity contribution is 0.0951. The second-order valence-electron chi connectivity index (χ2n) is 4.22. The maximum absolute atomic E-state index is 12.7. The Morgan fingerprint density at radius 3 is 2.68 bits per heavy atom. The van der Waals surface area contributed by atoms with Gasteiger partial charge in [0.05, 0.1) is 5.56 Å². The number of aromatic nitrogens is 1. The molecule has 0 aliphatic heterocycles. The molecule has 4 nitrogen and oxygen atoms in total. The Kier molecular flexibility index (Phi) is 3.75. The maximum atomic E-state index is 12.7. The van der Waals surface area contributed by atoms with E-state index in [1.807, 2.05) is 0 Å². The lowest BCUT2D eigenvalue weighted by Gasteiger charge is -2.07. The Morgan fingerprint density at radius 2 is 2.05 bits per heavy atom. The van der Waals surface area contributed by atoms with Crippen LogP contribution in [0, 0.1) is 12.7 Å². The number of pyridine rings is 1. The predicted octanol–water partition coefficient (Wildman–Crippen LogP) is 2.04. The highest BCUT2D eigenvalue weighted by Crippen LogP contribution is 2.11. The number of anilines is 1. The minimum atomic E-state index is -0.304. The van der Waals surface area contributed by atoms with Gasteiger partial charge in [-0.15, -0.1) is 0 Å². The summed E-state index contributed by atoms with van der Waals surface area (Å²) in [5, 5.41) is 2.71. The molecule has 0 aliphatic rings. The average Bonchev–Trinajstić information content (AvgIpc) is 2.37. The number of halogens is 1. The largest absolute Gasteiger partial charge is 0.398 e. The third kappa shape index (κ3) is 3.28. The van der Waals surface area contributed by atoms with E-state index >= 15 is 0 Å². The maximum Gasteiger partial charge on any atom is 0.255 e. The second kappa shape index (κ2) is 5.48. The van der Waals surface area contributed by atoms with Crippen LogP contribution < -0.4 is 11.1 Å². The number of benzene rings is 1. The van der Waals surface area contributed by atoms with Crippen molar-refractivity contribution in [2.75, 3.05) is 5.73 Å². The van der Waals surface area contributed by atoms with Crippen molar-refractivity contribution in [2.24, 2.45) is 0 Å². The van der Waals surface area contributed by atoms with E-state index in [9.17, 15) is 9.18 Å². The Labute approximate surface area is 110 Å². The molecule has 1 heterocycles. The summed E-state index contributed by atoms with van der Waals surface area (Å²) < 4.78 is 12.7. The van der Waals surface area contributed by atoms with Crippen molar-refractivity contribution in [1.29, 1.82) is 0 Å². The molecular formula is C14H14FN3O. The lowest BCUT2D eigenvalue weighted by Crippen LogP contribution is -2.24. The van der Waals surface area contributed by atoms with Gasteiger partial charge in [0.25, 0.3) is 5.91 Å². The smallest absolute Gasteiger partial charge is 0.255 e. The number of amides is 1. The van der Waals surface area contributed by atoms with Crippen LogP contribution in [-0.2, 0) is 6.54 Å². The van der Waals surface area contributed by atoms with Gasteiger partial charge in [-0.2, -0.15) is 0 Å². The number of nitrogens with zero attached hydrogens (tertiary/aromatic N) is 1. The molecule has 0 spiro atoms. The number of nitrogens with one attached hydrogen (secondary N) is 1. The summed E-state index contributed by atoms with van der Waals surface area (Å²) in [5.41, 5.74) is 8.06. The topological polar surface area (TPSA) is 68.0 Å². The zero-order valence-corrected chi connectivity index (χ0v) is 10.5. The standard InChI is InChI=1S/C14H14FN3O/c1-9-6-13(16)12(8-17-9)14(19)18-7-10-2-4-11(15)5-3-10/h2-6,8H,7H2,1H3,(H2,16,17)(H,18,19). The number of carbonyl (C=O) groups excluding carboxylic acids is 1. The molecule has 19 heavy (non-hydrogen) atoms. The van der Waals surface area contributed by atoms with E-state index < -0.39 is 0 Å². The third-order valence-corrected chi connectivity index (χ3v) is 2.68. The van der Waals surface area contributed by atoms with Gasteiger partial charge in [0, 0.05) is 24.1 Å². The van der Waals surface area contributed by atoms with E-state index in [4.69, 9.17) is 5.73 Å². The van der Waals surface area contributed by atoms with Crippen molar-refractivity contribution in [3.8, 4) is 0 Å². The Hall–Kier alpha value is -2.43. The third-order valence-electron chi connectivity index (χ3n) is 2.68. The van der Waals surface area contributed by atoms with Gasteiger partial charge >= 0.3 is 0 Å². The van der Waals surface area contributed by atoms with Crippen LogP contribution in [0.1, 0.15) is 21.6 Å². The van der Waals surface area contributed by atoms with Gasteiger partial charge in [-0.1, -0.05) is 12.1 Å². The monoisotopic (exact) mass is 259 g/mol. The molecule has 0 unspecified atom stereocenters. The molecule has 5 heteroatoms.